The summed E-state index contributed by atoms with van der Waals surface area (Å²) in [6.07, 6.45) is 1.76. The zero-order chi connectivity index (χ0) is 12.8. The van der Waals surface area contributed by atoms with Gasteiger partial charge in [-0.3, -0.25) is 0 Å². The van der Waals surface area contributed by atoms with Crippen LogP contribution in [-0.4, -0.2) is 5.97 Å². The maximum absolute atomic E-state index is 11.8. The summed E-state index contributed by atoms with van der Waals surface area (Å²) in [5.74, 6) is -0.311. The molecule has 0 saturated carbocycles. The maximum Gasteiger partial charge on any atom is 0.338 e. The van der Waals surface area contributed by atoms with Gasteiger partial charge < -0.3 is 4.74 Å². The molecule has 0 spiro atoms. The van der Waals surface area contributed by atoms with Crippen molar-refractivity contribution >= 4 is 12.0 Å². The van der Waals surface area contributed by atoms with Crippen LogP contribution in [-0.2, 0) is 11.3 Å². The average molecular weight is 238 g/mol. The van der Waals surface area contributed by atoms with E-state index >= 15 is 0 Å². The van der Waals surface area contributed by atoms with Crippen LogP contribution in [0.1, 0.15) is 21.5 Å². The average Bonchev–Trinajstić information content (AvgIpc) is 2.46. The zero-order valence-corrected chi connectivity index (χ0v) is 10.0. The van der Waals surface area contributed by atoms with Crippen molar-refractivity contribution in [3.05, 3.63) is 77.9 Å². The third-order valence-electron chi connectivity index (χ3n) is 2.64. The van der Waals surface area contributed by atoms with E-state index in [2.05, 4.69) is 6.58 Å². The van der Waals surface area contributed by atoms with Crippen molar-refractivity contribution in [2.24, 2.45) is 0 Å². The molecule has 0 N–H and O–H groups in total. The molecule has 0 heterocycles. The SMILES string of the molecule is C=Cc1ccccc1COC(=O)c1ccccc1. The first kappa shape index (κ1) is 12.1. The molecule has 2 heteroatoms. The van der Waals surface area contributed by atoms with E-state index in [4.69, 9.17) is 4.74 Å². The number of hydrogen-bond donors (Lipinski definition) is 0. The normalized spacial score (nSPS) is 9.78. The fourth-order valence-electron chi connectivity index (χ4n) is 1.67. The van der Waals surface area contributed by atoms with Gasteiger partial charge in [-0.05, 0) is 23.3 Å². The first-order valence-corrected chi connectivity index (χ1v) is 5.74. The van der Waals surface area contributed by atoms with Gasteiger partial charge in [0.2, 0.25) is 0 Å². The molecule has 0 amide bonds. The van der Waals surface area contributed by atoms with Gasteiger partial charge in [-0.25, -0.2) is 4.79 Å². The number of benzene rings is 2. The van der Waals surface area contributed by atoms with Crippen LogP contribution in [0.2, 0.25) is 0 Å². The van der Waals surface area contributed by atoms with Crippen LogP contribution in [0.5, 0.6) is 0 Å². The van der Waals surface area contributed by atoms with Gasteiger partial charge in [-0.1, -0.05) is 55.1 Å². The van der Waals surface area contributed by atoms with E-state index in [0.29, 0.717) is 5.56 Å². The van der Waals surface area contributed by atoms with Crippen molar-refractivity contribution in [3.8, 4) is 0 Å². The summed E-state index contributed by atoms with van der Waals surface area (Å²) < 4.78 is 5.27. The molecule has 0 aliphatic carbocycles. The minimum absolute atomic E-state index is 0.260. The third-order valence-corrected chi connectivity index (χ3v) is 2.64. The minimum Gasteiger partial charge on any atom is -0.457 e. The summed E-state index contributed by atoms with van der Waals surface area (Å²) in [5, 5.41) is 0. The Hall–Kier alpha value is -2.35. The lowest BCUT2D eigenvalue weighted by atomic mass is 10.1. The third kappa shape index (κ3) is 2.86. The standard InChI is InChI=1S/C16H14O2/c1-2-13-8-6-7-11-15(13)12-18-16(17)14-9-4-3-5-10-14/h2-11H,1,12H2. The van der Waals surface area contributed by atoms with Gasteiger partial charge >= 0.3 is 5.97 Å². The Bertz CT molecular complexity index is 544. The van der Waals surface area contributed by atoms with Gasteiger partial charge in [0.25, 0.3) is 0 Å². The second kappa shape index (κ2) is 5.82. The van der Waals surface area contributed by atoms with E-state index in [1.165, 1.54) is 0 Å². The highest BCUT2D eigenvalue weighted by Crippen LogP contribution is 2.12. The predicted molar refractivity (Wildman–Crippen MR) is 72.1 cm³/mol. The highest BCUT2D eigenvalue weighted by molar-refractivity contribution is 5.89. The molecule has 2 aromatic rings. The molecule has 2 nitrogen and oxygen atoms in total. The lowest BCUT2D eigenvalue weighted by Gasteiger charge is -2.07. The molecule has 0 radical (unpaired) electrons. The number of rotatable bonds is 4. The van der Waals surface area contributed by atoms with Crippen molar-refractivity contribution in [1.82, 2.24) is 0 Å². The van der Waals surface area contributed by atoms with E-state index in [0.717, 1.165) is 11.1 Å². The van der Waals surface area contributed by atoms with Crippen LogP contribution >= 0.6 is 0 Å². The molecule has 0 bridgehead atoms. The fourth-order valence-corrected chi connectivity index (χ4v) is 1.67. The Kier molecular flexibility index (Phi) is 3.92. The highest BCUT2D eigenvalue weighted by Gasteiger charge is 2.07. The molecule has 0 unspecified atom stereocenters. The first-order chi connectivity index (χ1) is 8.81. The quantitative estimate of drug-likeness (QED) is 0.759. The van der Waals surface area contributed by atoms with E-state index in [1.807, 2.05) is 42.5 Å². The monoisotopic (exact) mass is 238 g/mol. The van der Waals surface area contributed by atoms with Crippen LogP contribution < -0.4 is 0 Å². The fraction of sp³-hybridized carbons (Fsp3) is 0.0625. The van der Waals surface area contributed by atoms with Gasteiger partial charge in [0.1, 0.15) is 6.61 Å². The highest BCUT2D eigenvalue weighted by atomic mass is 16.5. The number of carbonyl (C=O) groups is 1. The molecule has 2 rings (SSSR count). The molecule has 0 atom stereocenters. The van der Waals surface area contributed by atoms with Gasteiger partial charge in [0.05, 0.1) is 5.56 Å². The molecular weight excluding hydrogens is 224 g/mol. The van der Waals surface area contributed by atoms with Crippen molar-refractivity contribution in [2.45, 2.75) is 6.61 Å². The number of esters is 1. The summed E-state index contributed by atoms with van der Waals surface area (Å²) in [5.41, 5.74) is 2.50. The van der Waals surface area contributed by atoms with Crippen molar-refractivity contribution in [3.63, 3.8) is 0 Å². The number of ether oxygens (including phenoxy) is 1. The Morgan fingerprint density at radius 2 is 1.72 bits per heavy atom. The Labute approximate surface area is 107 Å². The maximum atomic E-state index is 11.8. The first-order valence-electron chi connectivity index (χ1n) is 5.74. The second-order valence-corrected chi connectivity index (χ2v) is 3.85. The van der Waals surface area contributed by atoms with Crippen LogP contribution in [0.15, 0.2) is 61.2 Å². The summed E-state index contributed by atoms with van der Waals surface area (Å²) in [4.78, 5) is 11.8. The Morgan fingerprint density at radius 1 is 1.06 bits per heavy atom. The van der Waals surface area contributed by atoms with Crippen LogP contribution in [0.25, 0.3) is 6.08 Å². The number of hydrogen-bond acceptors (Lipinski definition) is 2. The summed E-state index contributed by atoms with van der Waals surface area (Å²) in [6.45, 7) is 4.00. The lowest BCUT2D eigenvalue weighted by Crippen LogP contribution is -2.05. The minimum atomic E-state index is -0.311. The van der Waals surface area contributed by atoms with Crippen molar-refractivity contribution in [2.75, 3.05) is 0 Å². The molecule has 0 saturated heterocycles. The predicted octanol–water partition coefficient (Wildman–Crippen LogP) is 3.69. The molecule has 18 heavy (non-hydrogen) atoms. The van der Waals surface area contributed by atoms with Gasteiger partial charge in [0.15, 0.2) is 0 Å². The van der Waals surface area contributed by atoms with Gasteiger partial charge in [0, 0.05) is 0 Å². The summed E-state index contributed by atoms with van der Waals surface area (Å²) in [7, 11) is 0. The molecule has 2 aromatic carbocycles. The molecule has 0 aliphatic rings. The largest absolute Gasteiger partial charge is 0.457 e. The van der Waals surface area contributed by atoms with E-state index in [9.17, 15) is 4.79 Å². The van der Waals surface area contributed by atoms with E-state index < -0.39 is 0 Å². The molecule has 90 valence electrons. The van der Waals surface area contributed by atoms with E-state index in [-0.39, 0.29) is 12.6 Å². The smallest absolute Gasteiger partial charge is 0.338 e. The zero-order valence-electron chi connectivity index (χ0n) is 10.0. The van der Waals surface area contributed by atoms with E-state index in [1.54, 1.807) is 18.2 Å². The Morgan fingerprint density at radius 3 is 2.44 bits per heavy atom. The summed E-state index contributed by atoms with van der Waals surface area (Å²) >= 11 is 0. The van der Waals surface area contributed by atoms with Crippen molar-refractivity contribution < 1.29 is 9.53 Å². The van der Waals surface area contributed by atoms with Crippen LogP contribution in [0, 0.1) is 0 Å². The summed E-state index contributed by atoms with van der Waals surface area (Å²) in [6, 6.07) is 16.7. The molecule has 0 aliphatic heterocycles. The van der Waals surface area contributed by atoms with Crippen LogP contribution in [0.3, 0.4) is 0 Å². The van der Waals surface area contributed by atoms with Crippen molar-refractivity contribution in [1.29, 1.82) is 0 Å². The Balaban J connectivity index is 2.04. The number of carbonyl (C=O) groups excluding carboxylic acids is 1. The van der Waals surface area contributed by atoms with Crippen LogP contribution in [0.4, 0.5) is 0 Å². The molecule has 0 aromatic heterocycles. The van der Waals surface area contributed by atoms with Gasteiger partial charge in [-0.2, -0.15) is 0 Å². The lowest BCUT2D eigenvalue weighted by molar-refractivity contribution is 0.0472. The molecule has 0 fully saturated rings. The molecular formula is C16H14O2. The topological polar surface area (TPSA) is 26.3 Å². The second-order valence-electron chi connectivity index (χ2n) is 3.85. The van der Waals surface area contributed by atoms with Gasteiger partial charge in [-0.15, -0.1) is 0 Å².